The van der Waals surface area contributed by atoms with Crippen molar-refractivity contribution in [1.82, 2.24) is 9.97 Å². The van der Waals surface area contributed by atoms with Crippen molar-refractivity contribution in [3.63, 3.8) is 0 Å². The summed E-state index contributed by atoms with van der Waals surface area (Å²) in [4.78, 5) is 11.5. The molecule has 4 N–H and O–H groups in total. The summed E-state index contributed by atoms with van der Waals surface area (Å²) in [5, 5.41) is 11.7. The SMILES string of the molecule is NC1(O)N=Cc2nccnc2N1. The fraction of sp³-hybridized carbons (Fsp3) is 0.167. The summed E-state index contributed by atoms with van der Waals surface area (Å²) >= 11 is 0. The normalized spacial score (nSPS) is 26.2. The molecule has 2 rings (SSSR count). The molecule has 1 aromatic rings. The summed E-state index contributed by atoms with van der Waals surface area (Å²) in [5.74, 6) is -1.33. The first-order chi connectivity index (χ1) is 5.67. The first-order valence-electron chi connectivity index (χ1n) is 3.33. The molecule has 0 aromatic carbocycles. The number of nitrogens with two attached hydrogens (primary N) is 1. The fourth-order valence-corrected chi connectivity index (χ4v) is 0.906. The highest BCUT2D eigenvalue weighted by Crippen LogP contribution is 2.14. The molecule has 0 saturated carbocycles. The third-order valence-electron chi connectivity index (χ3n) is 1.41. The highest BCUT2D eigenvalue weighted by Gasteiger charge is 2.24. The van der Waals surface area contributed by atoms with Crippen molar-refractivity contribution < 1.29 is 5.11 Å². The molecule has 12 heavy (non-hydrogen) atoms. The number of rotatable bonds is 0. The van der Waals surface area contributed by atoms with E-state index in [1.807, 2.05) is 0 Å². The number of hydrogen-bond donors (Lipinski definition) is 3. The lowest BCUT2D eigenvalue weighted by Gasteiger charge is -2.23. The van der Waals surface area contributed by atoms with Crippen molar-refractivity contribution in [2.75, 3.05) is 5.32 Å². The molecular formula is C6H7N5O. The molecule has 0 aliphatic carbocycles. The minimum atomic E-state index is -1.76. The van der Waals surface area contributed by atoms with Gasteiger partial charge in [0.05, 0.1) is 6.21 Å². The molecule has 62 valence electrons. The number of aliphatic imine (C=N–C) groups is 1. The van der Waals surface area contributed by atoms with Crippen LogP contribution in [-0.4, -0.2) is 27.3 Å². The fourth-order valence-electron chi connectivity index (χ4n) is 0.906. The van der Waals surface area contributed by atoms with E-state index in [0.717, 1.165) is 0 Å². The maximum Gasteiger partial charge on any atom is 0.296 e. The number of nitrogens with zero attached hydrogens (tertiary/aromatic N) is 3. The van der Waals surface area contributed by atoms with Crippen molar-refractivity contribution >= 4 is 12.0 Å². The van der Waals surface area contributed by atoms with Crippen LogP contribution in [-0.2, 0) is 0 Å². The molecule has 0 fully saturated rings. The first kappa shape index (κ1) is 7.14. The molecule has 0 amide bonds. The van der Waals surface area contributed by atoms with Gasteiger partial charge in [0.1, 0.15) is 5.69 Å². The van der Waals surface area contributed by atoms with Crippen LogP contribution in [0.5, 0.6) is 0 Å². The lowest BCUT2D eigenvalue weighted by Crippen LogP contribution is -2.47. The average Bonchev–Trinajstić information content (AvgIpc) is 2.02. The number of hydrogen-bond acceptors (Lipinski definition) is 6. The van der Waals surface area contributed by atoms with Gasteiger partial charge in [0, 0.05) is 12.4 Å². The van der Waals surface area contributed by atoms with Crippen LogP contribution in [0, 0.1) is 0 Å². The van der Waals surface area contributed by atoms with Crippen molar-refractivity contribution in [1.29, 1.82) is 0 Å². The Hall–Kier alpha value is -1.53. The summed E-state index contributed by atoms with van der Waals surface area (Å²) in [6, 6.07) is 0. The second-order valence-electron chi connectivity index (χ2n) is 2.40. The second kappa shape index (κ2) is 2.23. The van der Waals surface area contributed by atoms with Gasteiger partial charge in [0.15, 0.2) is 5.82 Å². The third-order valence-corrected chi connectivity index (χ3v) is 1.41. The smallest absolute Gasteiger partial charge is 0.296 e. The van der Waals surface area contributed by atoms with Gasteiger partial charge in [-0.1, -0.05) is 0 Å². The van der Waals surface area contributed by atoms with Crippen molar-refractivity contribution in [3.8, 4) is 0 Å². The summed E-state index contributed by atoms with van der Waals surface area (Å²) in [6.45, 7) is 0. The maximum absolute atomic E-state index is 9.22. The molecule has 1 aliphatic rings. The monoisotopic (exact) mass is 165 g/mol. The van der Waals surface area contributed by atoms with Crippen LogP contribution in [0.25, 0.3) is 0 Å². The predicted octanol–water partition coefficient (Wildman–Crippen LogP) is -1.12. The van der Waals surface area contributed by atoms with Gasteiger partial charge in [0.25, 0.3) is 5.97 Å². The lowest BCUT2D eigenvalue weighted by atomic mass is 10.4. The molecule has 1 unspecified atom stereocenters. The van der Waals surface area contributed by atoms with Crippen LogP contribution in [0.2, 0.25) is 0 Å². The van der Waals surface area contributed by atoms with E-state index in [4.69, 9.17) is 5.73 Å². The van der Waals surface area contributed by atoms with Gasteiger partial charge in [-0.15, -0.1) is 0 Å². The van der Waals surface area contributed by atoms with Crippen molar-refractivity contribution in [3.05, 3.63) is 18.1 Å². The first-order valence-corrected chi connectivity index (χ1v) is 3.33. The Balaban J connectivity index is 2.46. The molecule has 2 heterocycles. The van der Waals surface area contributed by atoms with Gasteiger partial charge in [-0.25, -0.2) is 15.0 Å². The van der Waals surface area contributed by atoms with Gasteiger partial charge in [-0.3, -0.25) is 5.73 Å². The van der Waals surface area contributed by atoms with Crippen LogP contribution in [0.1, 0.15) is 5.69 Å². The average molecular weight is 165 g/mol. The van der Waals surface area contributed by atoms with E-state index in [1.165, 1.54) is 18.6 Å². The molecule has 0 spiro atoms. The zero-order valence-corrected chi connectivity index (χ0v) is 6.10. The summed E-state index contributed by atoms with van der Waals surface area (Å²) < 4.78 is 0. The van der Waals surface area contributed by atoms with Gasteiger partial charge in [-0.2, -0.15) is 0 Å². The van der Waals surface area contributed by atoms with Crippen molar-refractivity contribution in [2.45, 2.75) is 5.97 Å². The van der Waals surface area contributed by atoms with Gasteiger partial charge in [0.2, 0.25) is 0 Å². The Kier molecular flexibility index (Phi) is 1.32. The van der Waals surface area contributed by atoms with Crippen LogP contribution in [0.3, 0.4) is 0 Å². The molecule has 1 aromatic heterocycles. The molecule has 6 nitrogen and oxygen atoms in total. The van der Waals surface area contributed by atoms with Crippen molar-refractivity contribution in [2.24, 2.45) is 10.7 Å². The Bertz CT molecular complexity index is 334. The predicted molar refractivity (Wildman–Crippen MR) is 42.4 cm³/mol. The largest absolute Gasteiger partial charge is 0.340 e. The number of aliphatic hydroxyl groups is 1. The van der Waals surface area contributed by atoms with Crippen LogP contribution < -0.4 is 11.1 Å². The quantitative estimate of drug-likeness (QED) is 0.423. The number of anilines is 1. The van der Waals surface area contributed by atoms with E-state index in [-0.39, 0.29) is 0 Å². The summed E-state index contributed by atoms with van der Waals surface area (Å²) in [6.07, 6.45) is 4.41. The Labute approximate surface area is 68.2 Å². The maximum atomic E-state index is 9.22. The van der Waals surface area contributed by atoms with Crippen LogP contribution in [0.15, 0.2) is 17.4 Å². The number of nitrogens with one attached hydrogen (secondary N) is 1. The molecule has 1 aliphatic heterocycles. The lowest BCUT2D eigenvalue weighted by molar-refractivity contribution is 0.0862. The van der Waals surface area contributed by atoms with E-state index in [2.05, 4.69) is 20.3 Å². The number of aromatic nitrogens is 2. The topological polar surface area (TPSA) is 96.4 Å². The summed E-state index contributed by atoms with van der Waals surface area (Å²) in [5.41, 5.74) is 5.83. The van der Waals surface area contributed by atoms with Crippen LogP contribution >= 0.6 is 0 Å². The third kappa shape index (κ3) is 1.13. The standard InChI is InChI=1S/C6H7N5O/c7-6(12)10-3-4-5(11-6)9-2-1-8-4/h1-3,12H,7H2,(H,9,11). The zero-order chi connectivity index (χ0) is 8.60. The highest BCUT2D eigenvalue weighted by molar-refractivity contribution is 5.85. The Morgan fingerprint density at radius 2 is 2.17 bits per heavy atom. The van der Waals surface area contributed by atoms with E-state index in [0.29, 0.717) is 11.5 Å². The highest BCUT2D eigenvalue weighted by atomic mass is 16.3. The minimum absolute atomic E-state index is 0.428. The van der Waals surface area contributed by atoms with E-state index < -0.39 is 5.97 Å². The molecule has 0 radical (unpaired) electrons. The van der Waals surface area contributed by atoms with Crippen LogP contribution in [0.4, 0.5) is 5.82 Å². The molecule has 0 saturated heterocycles. The minimum Gasteiger partial charge on any atom is -0.340 e. The second-order valence-corrected chi connectivity index (χ2v) is 2.40. The van der Waals surface area contributed by atoms with Gasteiger partial charge in [-0.05, 0) is 0 Å². The Morgan fingerprint density at radius 3 is 3.00 bits per heavy atom. The molecule has 0 bridgehead atoms. The molecule has 1 atom stereocenters. The van der Waals surface area contributed by atoms with E-state index in [1.54, 1.807) is 0 Å². The van der Waals surface area contributed by atoms with E-state index >= 15 is 0 Å². The molecular weight excluding hydrogens is 158 g/mol. The van der Waals surface area contributed by atoms with E-state index in [9.17, 15) is 5.11 Å². The van der Waals surface area contributed by atoms with Gasteiger partial charge < -0.3 is 10.4 Å². The van der Waals surface area contributed by atoms with Gasteiger partial charge >= 0.3 is 0 Å². The molecule has 6 heteroatoms. The zero-order valence-electron chi connectivity index (χ0n) is 6.10. The summed E-state index contributed by atoms with van der Waals surface area (Å²) in [7, 11) is 0. The number of fused-ring (bicyclic) bond motifs is 1. The Morgan fingerprint density at radius 1 is 1.42 bits per heavy atom.